The molecule has 31 heavy (non-hydrogen) atoms. The number of nitro groups is 1. The molecule has 10 nitrogen and oxygen atoms in total. The molecule has 0 aliphatic carbocycles. The van der Waals surface area contributed by atoms with Crippen molar-refractivity contribution in [2.24, 2.45) is 0 Å². The Bertz CT molecular complexity index is 974. The maximum absolute atomic E-state index is 12.7. The van der Waals surface area contributed by atoms with Gasteiger partial charge in [-0.1, -0.05) is 47.6 Å². The lowest BCUT2D eigenvalue weighted by Gasteiger charge is -2.21. The summed E-state index contributed by atoms with van der Waals surface area (Å²) in [5.74, 6) is -0.659. The van der Waals surface area contributed by atoms with Crippen LogP contribution in [0.3, 0.4) is 0 Å². The van der Waals surface area contributed by atoms with Crippen molar-refractivity contribution in [3.8, 4) is 0 Å². The van der Waals surface area contributed by atoms with Gasteiger partial charge < -0.3 is 9.47 Å². The van der Waals surface area contributed by atoms with E-state index in [2.05, 4.69) is 9.97 Å². The number of rotatable bonds is 9. The van der Waals surface area contributed by atoms with Crippen LogP contribution in [0.25, 0.3) is 0 Å². The molecule has 1 amide bonds. The first kappa shape index (κ1) is 24.4. The number of esters is 1. The maximum atomic E-state index is 12.7. The van der Waals surface area contributed by atoms with Crippen LogP contribution >= 0.6 is 23.4 Å². The van der Waals surface area contributed by atoms with Gasteiger partial charge >= 0.3 is 17.7 Å². The molecular formula is C19H21ClN4O6S. The second-order valence-electron chi connectivity index (χ2n) is 6.02. The van der Waals surface area contributed by atoms with Crippen LogP contribution in [-0.4, -0.2) is 46.4 Å². The van der Waals surface area contributed by atoms with E-state index in [1.165, 1.54) is 0 Å². The largest absolute Gasteiger partial charge is 0.466 e. The number of ether oxygens (including phenoxy) is 2. The zero-order valence-corrected chi connectivity index (χ0v) is 18.7. The third kappa shape index (κ3) is 6.53. The predicted octanol–water partition coefficient (Wildman–Crippen LogP) is 4.03. The molecule has 1 heterocycles. The zero-order valence-electron chi connectivity index (χ0n) is 17.2. The minimum atomic E-state index is -0.830. The van der Waals surface area contributed by atoms with Crippen LogP contribution in [-0.2, 0) is 27.2 Å². The number of carbonyl (C=O) groups is 2. The van der Waals surface area contributed by atoms with Crippen molar-refractivity contribution in [3.63, 3.8) is 0 Å². The number of nitrogens with zero attached hydrogens (tertiary/aromatic N) is 4. The van der Waals surface area contributed by atoms with E-state index in [9.17, 15) is 19.7 Å². The minimum absolute atomic E-state index is 0.0528. The number of thioether (sulfide) groups is 1. The number of anilines is 1. The Kier molecular flexibility index (Phi) is 9.01. The first-order valence-electron chi connectivity index (χ1n) is 9.24. The number of halogens is 1. The SMILES string of the molecule is CCOC(=O)Cc1cccc(CN(C(=O)OCC)c2nc(SC)nc(Cl)c2[N+](=O)[O-])c1. The van der Waals surface area contributed by atoms with Crippen molar-refractivity contribution in [3.05, 3.63) is 50.7 Å². The third-order valence-corrected chi connectivity index (χ3v) is 4.71. The summed E-state index contributed by atoms with van der Waals surface area (Å²) in [6, 6.07) is 6.87. The van der Waals surface area contributed by atoms with Crippen LogP contribution in [0, 0.1) is 10.1 Å². The zero-order chi connectivity index (χ0) is 23.0. The summed E-state index contributed by atoms with van der Waals surface area (Å²) in [6.45, 7) is 3.56. The molecule has 0 fully saturated rings. The van der Waals surface area contributed by atoms with Crippen LogP contribution in [0.1, 0.15) is 25.0 Å². The van der Waals surface area contributed by atoms with Gasteiger partial charge in [-0.2, -0.15) is 4.98 Å². The highest BCUT2D eigenvalue weighted by Crippen LogP contribution is 2.35. The number of benzene rings is 1. The molecule has 0 N–H and O–H groups in total. The Morgan fingerprint density at radius 1 is 1.19 bits per heavy atom. The molecule has 166 valence electrons. The molecule has 0 unspecified atom stereocenters. The lowest BCUT2D eigenvalue weighted by atomic mass is 10.1. The van der Waals surface area contributed by atoms with E-state index in [0.717, 1.165) is 16.7 Å². The highest BCUT2D eigenvalue weighted by molar-refractivity contribution is 7.98. The minimum Gasteiger partial charge on any atom is -0.466 e. The van der Waals surface area contributed by atoms with Crippen molar-refractivity contribution in [1.29, 1.82) is 0 Å². The molecule has 0 aliphatic heterocycles. The lowest BCUT2D eigenvalue weighted by molar-refractivity contribution is -0.384. The maximum Gasteiger partial charge on any atom is 0.415 e. The normalized spacial score (nSPS) is 10.5. The topological polar surface area (TPSA) is 125 Å². The van der Waals surface area contributed by atoms with Gasteiger partial charge in [0, 0.05) is 0 Å². The Morgan fingerprint density at radius 3 is 2.48 bits per heavy atom. The first-order chi connectivity index (χ1) is 14.8. The molecule has 2 rings (SSSR count). The van der Waals surface area contributed by atoms with Crippen LogP contribution < -0.4 is 4.90 Å². The van der Waals surface area contributed by atoms with Crippen molar-refractivity contribution in [2.75, 3.05) is 24.4 Å². The van der Waals surface area contributed by atoms with E-state index in [-0.39, 0.29) is 48.3 Å². The second-order valence-corrected chi connectivity index (χ2v) is 7.15. The summed E-state index contributed by atoms with van der Waals surface area (Å²) in [6.07, 6.45) is 0.898. The van der Waals surface area contributed by atoms with Crippen LogP contribution in [0.5, 0.6) is 0 Å². The van der Waals surface area contributed by atoms with Gasteiger partial charge in [-0.3, -0.25) is 19.8 Å². The van der Waals surface area contributed by atoms with E-state index < -0.39 is 16.7 Å². The second kappa shape index (κ2) is 11.5. The van der Waals surface area contributed by atoms with E-state index in [4.69, 9.17) is 21.1 Å². The molecule has 1 aromatic heterocycles. The van der Waals surface area contributed by atoms with E-state index in [0.29, 0.717) is 11.1 Å². The highest BCUT2D eigenvalue weighted by Gasteiger charge is 2.32. The fraction of sp³-hybridized carbons (Fsp3) is 0.368. The summed E-state index contributed by atoms with van der Waals surface area (Å²) in [7, 11) is 0. The molecule has 2 aromatic rings. The van der Waals surface area contributed by atoms with Gasteiger partial charge in [0.15, 0.2) is 5.16 Å². The average Bonchev–Trinajstić information content (AvgIpc) is 2.71. The Morgan fingerprint density at radius 2 is 1.87 bits per heavy atom. The summed E-state index contributed by atoms with van der Waals surface area (Å²) >= 11 is 7.13. The van der Waals surface area contributed by atoms with Gasteiger partial charge in [0.25, 0.3) is 0 Å². The fourth-order valence-corrected chi connectivity index (χ4v) is 3.30. The lowest BCUT2D eigenvalue weighted by Crippen LogP contribution is -2.32. The van der Waals surface area contributed by atoms with Crippen molar-refractivity contribution in [2.45, 2.75) is 32.0 Å². The number of amides is 1. The third-order valence-electron chi connectivity index (χ3n) is 3.90. The van der Waals surface area contributed by atoms with E-state index in [1.54, 1.807) is 44.4 Å². The van der Waals surface area contributed by atoms with Crippen molar-refractivity contribution < 1.29 is 24.0 Å². The predicted molar refractivity (Wildman–Crippen MR) is 115 cm³/mol. The first-order valence-corrected chi connectivity index (χ1v) is 10.8. The number of hydrogen-bond acceptors (Lipinski definition) is 9. The number of carbonyl (C=O) groups excluding carboxylic acids is 2. The van der Waals surface area contributed by atoms with Gasteiger partial charge in [0.2, 0.25) is 11.0 Å². The van der Waals surface area contributed by atoms with Crippen molar-refractivity contribution in [1.82, 2.24) is 9.97 Å². The number of hydrogen-bond donors (Lipinski definition) is 0. The molecule has 0 aliphatic rings. The molecule has 1 aromatic carbocycles. The molecule has 0 radical (unpaired) electrons. The molecule has 0 spiro atoms. The molecular weight excluding hydrogens is 448 g/mol. The number of aromatic nitrogens is 2. The van der Waals surface area contributed by atoms with Gasteiger partial charge in [0.1, 0.15) is 0 Å². The quantitative estimate of drug-likeness (QED) is 0.134. The molecule has 0 atom stereocenters. The monoisotopic (exact) mass is 468 g/mol. The molecule has 0 saturated heterocycles. The van der Waals surface area contributed by atoms with E-state index in [1.807, 2.05) is 0 Å². The smallest absolute Gasteiger partial charge is 0.415 e. The standard InChI is InChI=1S/C19H21ClN4O6S/c1-4-29-14(25)10-12-7-6-8-13(9-12)11-23(19(26)30-5-2)17-15(24(27)28)16(20)21-18(22-17)31-3/h6-9H,4-5,10-11H2,1-3H3. The summed E-state index contributed by atoms with van der Waals surface area (Å²) in [5, 5.41) is 11.4. The Labute approximate surface area is 188 Å². The van der Waals surface area contributed by atoms with Gasteiger partial charge in [-0.15, -0.1) is 0 Å². The van der Waals surface area contributed by atoms with E-state index >= 15 is 0 Å². The van der Waals surface area contributed by atoms with Crippen LogP contribution in [0.4, 0.5) is 16.3 Å². The highest BCUT2D eigenvalue weighted by atomic mass is 35.5. The summed E-state index contributed by atoms with van der Waals surface area (Å²) in [5.41, 5.74) is 0.666. The Hall–Kier alpha value is -2.92. The van der Waals surface area contributed by atoms with Gasteiger partial charge in [-0.25, -0.2) is 9.78 Å². The van der Waals surface area contributed by atoms with Gasteiger partial charge in [-0.05, 0) is 31.2 Å². The van der Waals surface area contributed by atoms with Crippen LogP contribution in [0.15, 0.2) is 29.4 Å². The van der Waals surface area contributed by atoms with Crippen molar-refractivity contribution >= 4 is 46.9 Å². The molecule has 12 heteroatoms. The molecule has 0 saturated carbocycles. The van der Waals surface area contributed by atoms with Crippen LogP contribution in [0.2, 0.25) is 5.15 Å². The Balaban J connectivity index is 2.48. The summed E-state index contributed by atoms with van der Waals surface area (Å²) < 4.78 is 10.0. The fourth-order valence-electron chi connectivity index (χ4n) is 2.66. The van der Waals surface area contributed by atoms with Gasteiger partial charge in [0.05, 0.1) is 31.1 Å². The summed E-state index contributed by atoms with van der Waals surface area (Å²) in [4.78, 5) is 44.4. The molecule has 0 bridgehead atoms. The average molecular weight is 469 g/mol.